The predicted molar refractivity (Wildman–Crippen MR) is 93.7 cm³/mol. The number of benzene rings is 1. The Hall–Kier alpha value is -1.53. The number of piperidine rings is 1. The fraction of sp³-hybridized carbons (Fsp3) is 0.650. The quantitative estimate of drug-likeness (QED) is 0.897. The first-order chi connectivity index (χ1) is 12.5. The molecule has 0 radical (unpaired) electrons. The average molecular weight is 364 g/mol. The van der Waals surface area contributed by atoms with Crippen molar-refractivity contribution in [3.63, 3.8) is 0 Å². The third kappa shape index (κ3) is 3.03. The van der Waals surface area contributed by atoms with Gasteiger partial charge in [-0.2, -0.15) is 0 Å². The van der Waals surface area contributed by atoms with E-state index in [9.17, 15) is 18.7 Å². The Morgan fingerprint density at radius 1 is 1.19 bits per heavy atom. The van der Waals surface area contributed by atoms with Crippen LogP contribution in [0.5, 0.6) is 0 Å². The molecule has 4 nitrogen and oxygen atoms in total. The van der Waals surface area contributed by atoms with E-state index in [1.165, 1.54) is 25.3 Å². The molecular formula is C20H26F2N2O2. The average Bonchev–Trinajstić information content (AvgIpc) is 2.93. The highest BCUT2D eigenvalue weighted by atomic mass is 19.2. The first-order valence-corrected chi connectivity index (χ1v) is 9.62. The van der Waals surface area contributed by atoms with Gasteiger partial charge in [-0.25, -0.2) is 8.78 Å². The number of hydrogen-bond donors (Lipinski definition) is 1. The lowest BCUT2D eigenvalue weighted by molar-refractivity contribution is 0.0385. The number of aliphatic hydroxyl groups excluding tert-OH is 1. The largest absolute Gasteiger partial charge is 0.396 e. The van der Waals surface area contributed by atoms with Crippen LogP contribution in [0.3, 0.4) is 0 Å². The number of rotatable bonds is 3. The van der Waals surface area contributed by atoms with Crippen molar-refractivity contribution in [2.24, 2.45) is 11.3 Å². The molecule has 2 saturated heterocycles. The number of amides is 1. The molecule has 1 N–H and O–H groups in total. The van der Waals surface area contributed by atoms with Crippen LogP contribution in [-0.2, 0) is 0 Å². The Labute approximate surface area is 152 Å². The fourth-order valence-corrected chi connectivity index (χ4v) is 4.89. The zero-order valence-corrected chi connectivity index (χ0v) is 15.0. The molecule has 142 valence electrons. The van der Waals surface area contributed by atoms with Crippen LogP contribution in [0.4, 0.5) is 8.78 Å². The summed E-state index contributed by atoms with van der Waals surface area (Å²) in [6, 6.07) is 4.00. The molecule has 26 heavy (non-hydrogen) atoms. The van der Waals surface area contributed by atoms with Crippen molar-refractivity contribution in [2.75, 3.05) is 32.8 Å². The standard InChI is InChI=1S/C20H26F2N2O2/c21-17-5-4-14(10-18(17)22)19(26)23-8-6-20(7-9-23)13-24(11-15(20)12-25)16-2-1-3-16/h4-5,10,15-16,25H,1-3,6-9,11-13H2. The molecule has 1 aromatic carbocycles. The van der Waals surface area contributed by atoms with Crippen molar-refractivity contribution < 1.29 is 18.7 Å². The maximum atomic E-state index is 13.4. The maximum Gasteiger partial charge on any atom is 0.253 e. The van der Waals surface area contributed by atoms with Crippen LogP contribution in [0.1, 0.15) is 42.5 Å². The summed E-state index contributed by atoms with van der Waals surface area (Å²) in [6.07, 6.45) is 5.53. The SMILES string of the molecule is O=C(c1ccc(F)c(F)c1)N1CCC2(CC1)CN(C1CCC1)CC2CO. The van der Waals surface area contributed by atoms with Crippen LogP contribution in [0, 0.1) is 23.0 Å². The Morgan fingerprint density at radius 3 is 2.50 bits per heavy atom. The smallest absolute Gasteiger partial charge is 0.253 e. The molecule has 3 fully saturated rings. The van der Waals surface area contributed by atoms with Crippen molar-refractivity contribution in [1.29, 1.82) is 0 Å². The number of nitrogens with zero attached hydrogens (tertiary/aromatic N) is 2. The van der Waals surface area contributed by atoms with Gasteiger partial charge in [0.05, 0.1) is 0 Å². The van der Waals surface area contributed by atoms with E-state index in [-0.39, 0.29) is 29.4 Å². The molecule has 0 aromatic heterocycles. The van der Waals surface area contributed by atoms with Crippen molar-refractivity contribution in [3.8, 4) is 0 Å². The zero-order valence-electron chi connectivity index (χ0n) is 15.0. The Kier molecular flexibility index (Phi) is 4.73. The third-order valence-corrected chi connectivity index (χ3v) is 6.86. The lowest BCUT2D eigenvalue weighted by Gasteiger charge is -2.43. The van der Waals surface area contributed by atoms with Gasteiger partial charge in [-0.1, -0.05) is 6.42 Å². The lowest BCUT2D eigenvalue weighted by atomic mass is 9.71. The summed E-state index contributed by atoms with van der Waals surface area (Å²) in [6.45, 7) is 3.37. The van der Waals surface area contributed by atoms with Crippen molar-refractivity contribution in [1.82, 2.24) is 9.80 Å². The Bertz CT molecular complexity index is 684. The van der Waals surface area contributed by atoms with Crippen LogP contribution in [0.2, 0.25) is 0 Å². The second-order valence-electron chi connectivity index (χ2n) is 8.18. The van der Waals surface area contributed by atoms with Gasteiger partial charge in [0.15, 0.2) is 11.6 Å². The molecule has 0 bridgehead atoms. The predicted octanol–water partition coefficient (Wildman–Crippen LogP) is 2.66. The van der Waals surface area contributed by atoms with Gasteiger partial charge in [0.1, 0.15) is 0 Å². The highest BCUT2D eigenvalue weighted by molar-refractivity contribution is 5.94. The van der Waals surface area contributed by atoms with Gasteiger partial charge in [0, 0.05) is 50.3 Å². The van der Waals surface area contributed by atoms with Gasteiger partial charge < -0.3 is 10.0 Å². The van der Waals surface area contributed by atoms with Crippen molar-refractivity contribution >= 4 is 5.91 Å². The first kappa shape index (κ1) is 17.9. The molecule has 1 saturated carbocycles. The highest BCUT2D eigenvalue weighted by Crippen LogP contribution is 2.46. The molecule has 2 aliphatic heterocycles. The third-order valence-electron chi connectivity index (χ3n) is 6.86. The minimum Gasteiger partial charge on any atom is -0.396 e. The van der Waals surface area contributed by atoms with Gasteiger partial charge in [-0.05, 0) is 49.3 Å². The van der Waals surface area contributed by atoms with E-state index >= 15 is 0 Å². The van der Waals surface area contributed by atoms with Gasteiger partial charge in [-0.3, -0.25) is 9.69 Å². The molecule has 1 aliphatic carbocycles. The van der Waals surface area contributed by atoms with Gasteiger partial charge in [0.2, 0.25) is 0 Å². The van der Waals surface area contributed by atoms with E-state index in [1.807, 2.05) is 0 Å². The minimum atomic E-state index is -0.989. The number of aliphatic hydroxyl groups is 1. The summed E-state index contributed by atoms with van der Waals surface area (Å²) in [4.78, 5) is 16.9. The molecule has 2 heterocycles. The molecule has 1 spiro atoms. The normalized spacial score (nSPS) is 26.3. The topological polar surface area (TPSA) is 43.8 Å². The molecule has 1 atom stereocenters. The summed E-state index contributed by atoms with van der Waals surface area (Å²) in [5, 5.41) is 9.90. The molecule has 3 aliphatic rings. The van der Waals surface area contributed by atoms with Gasteiger partial charge in [0.25, 0.3) is 5.91 Å². The van der Waals surface area contributed by atoms with E-state index in [2.05, 4.69) is 4.90 Å². The minimum absolute atomic E-state index is 0.0785. The molecule has 1 amide bonds. The van der Waals surface area contributed by atoms with Crippen molar-refractivity contribution in [3.05, 3.63) is 35.4 Å². The van der Waals surface area contributed by atoms with E-state index < -0.39 is 11.6 Å². The van der Waals surface area contributed by atoms with E-state index in [0.717, 1.165) is 38.1 Å². The number of halogens is 2. The monoisotopic (exact) mass is 364 g/mol. The summed E-state index contributed by atoms with van der Waals surface area (Å²) < 4.78 is 26.5. The maximum absolute atomic E-state index is 13.4. The summed E-state index contributed by atoms with van der Waals surface area (Å²) >= 11 is 0. The molecule has 1 unspecified atom stereocenters. The number of likely N-dealkylation sites (tertiary alicyclic amines) is 2. The lowest BCUT2D eigenvalue weighted by Crippen LogP contribution is -2.47. The van der Waals surface area contributed by atoms with Crippen LogP contribution >= 0.6 is 0 Å². The number of carbonyl (C=O) groups is 1. The number of hydrogen-bond acceptors (Lipinski definition) is 3. The van der Waals surface area contributed by atoms with Crippen LogP contribution in [0.15, 0.2) is 18.2 Å². The molecule has 6 heteroatoms. The van der Waals surface area contributed by atoms with Gasteiger partial charge >= 0.3 is 0 Å². The van der Waals surface area contributed by atoms with Crippen molar-refractivity contribution in [2.45, 2.75) is 38.1 Å². The second-order valence-corrected chi connectivity index (χ2v) is 8.18. The zero-order chi connectivity index (χ0) is 18.3. The van der Waals surface area contributed by atoms with E-state index in [4.69, 9.17) is 0 Å². The van der Waals surface area contributed by atoms with Crippen LogP contribution in [0.25, 0.3) is 0 Å². The Morgan fingerprint density at radius 2 is 1.92 bits per heavy atom. The van der Waals surface area contributed by atoms with E-state index in [0.29, 0.717) is 19.1 Å². The second kappa shape index (κ2) is 6.89. The summed E-state index contributed by atoms with van der Waals surface area (Å²) in [5.74, 6) is -1.90. The highest BCUT2D eigenvalue weighted by Gasteiger charge is 2.49. The molecule has 1 aromatic rings. The summed E-state index contributed by atoms with van der Waals surface area (Å²) in [5.41, 5.74) is 0.274. The summed E-state index contributed by atoms with van der Waals surface area (Å²) in [7, 11) is 0. The van der Waals surface area contributed by atoms with E-state index in [1.54, 1.807) is 4.90 Å². The fourth-order valence-electron chi connectivity index (χ4n) is 4.89. The molecular weight excluding hydrogens is 338 g/mol. The molecule has 4 rings (SSSR count). The van der Waals surface area contributed by atoms with Crippen LogP contribution < -0.4 is 0 Å². The first-order valence-electron chi connectivity index (χ1n) is 9.62. The van der Waals surface area contributed by atoms with Crippen LogP contribution in [-0.4, -0.2) is 59.6 Å². The number of carbonyl (C=O) groups excluding carboxylic acids is 1. The Balaban J connectivity index is 1.42. The van der Waals surface area contributed by atoms with Gasteiger partial charge in [-0.15, -0.1) is 0 Å².